The van der Waals surface area contributed by atoms with Crippen LogP contribution in [0.2, 0.25) is 0 Å². The SMILES string of the molecule is Cl.NC1C2CCCC1CC(C(=O)N1CCC(C(=O)Nc3ccccc3)CC1)C2. The fourth-order valence-electron chi connectivity index (χ4n) is 5.38. The van der Waals surface area contributed by atoms with Crippen LogP contribution in [0, 0.1) is 23.7 Å². The van der Waals surface area contributed by atoms with Crippen LogP contribution in [0.3, 0.4) is 0 Å². The summed E-state index contributed by atoms with van der Waals surface area (Å²) >= 11 is 0. The lowest BCUT2D eigenvalue weighted by Crippen LogP contribution is -2.51. The fourth-order valence-corrected chi connectivity index (χ4v) is 5.38. The largest absolute Gasteiger partial charge is 0.342 e. The van der Waals surface area contributed by atoms with Crippen LogP contribution in [0.4, 0.5) is 5.69 Å². The first-order valence-electron chi connectivity index (χ1n) is 10.5. The number of piperidine rings is 1. The standard InChI is InChI=1S/C22H31N3O2.ClH/c23-20-16-5-4-6-17(20)14-18(13-16)22(27)25-11-9-15(10-12-25)21(26)24-19-7-2-1-3-8-19;/h1-3,7-8,15-18,20H,4-6,9-14,23H2,(H,24,26);1H. The molecule has 4 rings (SSSR count). The Morgan fingerprint density at radius 3 is 2.14 bits per heavy atom. The predicted molar refractivity (Wildman–Crippen MR) is 113 cm³/mol. The molecule has 1 aromatic rings. The number of fused-ring (bicyclic) bond motifs is 2. The van der Waals surface area contributed by atoms with E-state index in [1.54, 1.807) is 0 Å². The minimum atomic E-state index is -0.00610. The average Bonchev–Trinajstić information content (AvgIpc) is 2.68. The summed E-state index contributed by atoms with van der Waals surface area (Å²) in [5.41, 5.74) is 7.21. The first-order chi connectivity index (χ1) is 13.1. The molecule has 2 atom stereocenters. The monoisotopic (exact) mass is 405 g/mol. The summed E-state index contributed by atoms with van der Waals surface area (Å²) in [6, 6.07) is 9.88. The number of carbonyl (C=O) groups excluding carboxylic acids is 2. The molecule has 1 aromatic carbocycles. The third kappa shape index (κ3) is 4.52. The Morgan fingerprint density at radius 2 is 1.54 bits per heavy atom. The molecule has 1 aliphatic heterocycles. The first-order valence-corrected chi connectivity index (χ1v) is 10.5. The summed E-state index contributed by atoms with van der Waals surface area (Å²) in [5.74, 6) is 1.58. The molecule has 3 N–H and O–H groups in total. The number of likely N-dealkylation sites (tertiary alicyclic amines) is 1. The molecule has 2 bridgehead atoms. The number of carbonyl (C=O) groups is 2. The van der Waals surface area contributed by atoms with Gasteiger partial charge < -0.3 is 16.0 Å². The van der Waals surface area contributed by atoms with E-state index in [2.05, 4.69) is 5.32 Å². The summed E-state index contributed by atoms with van der Waals surface area (Å²) in [4.78, 5) is 27.5. The molecule has 0 spiro atoms. The number of nitrogens with two attached hydrogens (primary N) is 1. The second-order valence-electron chi connectivity index (χ2n) is 8.65. The van der Waals surface area contributed by atoms with Gasteiger partial charge in [0.15, 0.2) is 0 Å². The molecule has 1 heterocycles. The van der Waals surface area contributed by atoms with E-state index in [0.717, 1.165) is 31.4 Å². The van der Waals surface area contributed by atoms with E-state index in [9.17, 15) is 9.59 Å². The smallest absolute Gasteiger partial charge is 0.227 e. The Morgan fingerprint density at radius 1 is 0.929 bits per heavy atom. The van der Waals surface area contributed by atoms with Crippen molar-refractivity contribution in [3.8, 4) is 0 Å². The minimum absolute atomic E-state index is 0. The molecule has 1 saturated heterocycles. The zero-order valence-corrected chi connectivity index (χ0v) is 17.2. The number of benzene rings is 1. The molecule has 28 heavy (non-hydrogen) atoms. The van der Waals surface area contributed by atoms with E-state index in [-0.39, 0.29) is 30.2 Å². The van der Waals surface area contributed by atoms with Crippen LogP contribution in [0.1, 0.15) is 44.9 Å². The van der Waals surface area contributed by atoms with Crippen molar-refractivity contribution < 1.29 is 9.59 Å². The summed E-state index contributed by atoms with van der Waals surface area (Å²) in [5, 5.41) is 2.99. The van der Waals surface area contributed by atoms with Gasteiger partial charge in [-0.2, -0.15) is 0 Å². The van der Waals surface area contributed by atoms with Gasteiger partial charge in [-0.25, -0.2) is 0 Å². The zero-order valence-electron chi connectivity index (χ0n) is 16.4. The van der Waals surface area contributed by atoms with Gasteiger partial charge in [0.2, 0.25) is 11.8 Å². The van der Waals surface area contributed by atoms with Gasteiger partial charge in [-0.3, -0.25) is 9.59 Å². The highest BCUT2D eigenvalue weighted by Gasteiger charge is 2.42. The van der Waals surface area contributed by atoms with E-state index in [0.29, 0.717) is 36.9 Å². The molecule has 6 heteroatoms. The maximum Gasteiger partial charge on any atom is 0.227 e. The Balaban J connectivity index is 0.00000225. The number of nitrogens with zero attached hydrogens (tertiary/aromatic N) is 1. The van der Waals surface area contributed by atoms with Crippen LogP contribution < -0.4 is 11.1 Å². The van der Waals surface area contributed by atoms with Crippen LogP contribution in [0.5, 0.6) is 0 Å². The van der Waals surface area contributed by atoms with Gasteiger partial charge in [-0.05, 0) is 62.5 Å². The summed E-state index contributed by atoms with van der Waals surface area (Å²) in [7, 11) is 0. The van der Waals surface area contributed by atoms with Crippen LogP contribution in [0.15, 0.2) is 30.3 Å². The lowest BCUT2D eigenvalue weighted by Gasteiger charge is -2.45. The highest BCUT2D eigenvalue weighted by atomic mass is 35.5. The number of hydrogen-bond donors (Lipinski definition) is 2. The van der Waals surface area contributed by atoms with Crippen molar-refractivity contribution in [2.75, 3.05) is 18.4 Å². The van der Waals surface area contributed by atoms with Crippen LogP contribution in [-0.4, -0.2) is 35.8 Å². The molecule has 0 radical (unpaired) electrons. The van der Waals surface area contributed by atoms with Crippen LogP contribution >= 0.6 is 12.4 Å². The van der Waals surface area contributed by atoms with Gasteiger partial charge in [0.25, 0.3) is 0 Å². The highest BCUT2D eigenvalue weighted by molar-refractivity contribution is 5.92. The van der Waals surface area contributed by atoms with E-state index in [1.165, 1.54) is 19.3 Å². The van der Waals surface area contributed by atoms with Gasteiger partial charge in [-0.15, -0.1) is 12.4 Å². The molecule has 2 unspecified atom stereocenters. The topological polar surface area (TPSA) is 75.4 Å². The molecule has 3 aliphatic rings. The Kier molecular flexibility index (Phi) is 7.00. The molecule has 154 valence electrons. The fraction of sp³-hybridized carbons (Fsp3) is 0.636. The van der Waals surface area contributed by atoms with E-state index < -0.39 is 0 Å². The number of halogens is 1. The summed E-state index contributed by atoms with van der Waals surface area (Å²) in [6.07, 6.45) is 7.07. The first kappa shape index (κ1) is 21.1. The molecule has 2 saturated carbocycles. The maximum atomic E-state index is 13.0. The van der Waals surface area contributed by atoms with E-state index in [4.69, 9.17) is 5.73 Å². The molecule has 5 nitrogen and oxygen atoms in total. The number of hydrogen-bond acceptors (Lipinski definition) is 3. The Labute approximate surface area is 173 Å². The highest BCUT2D eigenvalue weighted by Crippen LogP contribution is 2.42. The van der Waals surface area contributed by atoms with Gasteiger partial charge in [0.1, 0.15) is 0 Å². The number of anilines is 1. The molecule has 3 fully saturated rings. The van der Waals surface area contributed by atoms with Gasteiger partial charge >= 0.3 is 0 Å². The van der Waals surface area contributed by atoms with Crippen molar-refractivity contribution in [2.24, 2.45) is 29.4 Å². The quantitative estimate of drug-likeness (QED) is 0.808. The van der Waals surface area contributed by atoms with Crippen molar-refractivity contribution >= 4 is 29.9 Å². The van der Waals surface area contributed by atoms with E-state index in [1.807, 2.05) is 35.2 Å². The third-order valence-corrected chi connectivity index (χ3v) is 6.98. The second kappa shape index (κ2) is 9.27. The van der Waals surface area contributed by atoms with Crippen molar-refractivity contribution in [3.05, 3.63) is 30.3 Å². The molecule has 2 amide bonds. The number of nitrogens with one attached hydrogen (secondary N) is 1. The number of amides is 2. The molecule has 0 aromatic heterocycles. The average molecular weight is 406 g/mol. The summed E-state index contributed by atoms with van der Waals surface area (Å²) < 4.78 is 0. The third-order valence-electron chi connectivity index (χ3n) is 6.98. The predicted octanol–water partition coefficient (Wildman–Crippen LogP) is 3.44. The molecular formula is C22H32ClN3O2. The van der Waals surface area contributed by atoms with Crippen molar-refractivity contribution in [1.29, 1.82) is 0 Å². The molecular weight excluding hydrogens is 374 g/mol. The van der Waals surface area contributed by atoms with Crippen LogP contribution in [0.25, 0.3) is 0 Å². The van der Waals surface area contributed by atoms with Crippen LogP contribution in [-0.2, 0) is 9.59 Å². The zero-order chi connectivity index (χ0) is 18.8. The maximum absolute atomic E-state index is 13.0. The van der Waals surface area contributed by atoms with Crippen molar-refractivity contribution in [2.45, 2.75) is 51.0 Å². The molecule has 2 aliphatic carbocycles. The van der Waals surface area contributed by atoms with Gasteiger partial charge in [0.05, 0.1) is 0 Å². The minimum Gasteiger partial charge on any atom is -0.342 e. The lowest BCUT2D eigenvalue weighted by atomic mass is 9.65. The van der Waals surface area contributed by atoms with Crippen molar-refractivity contribution in [3.63, 3.8) is 0 Å². The summed E-state index contributed by atoms with van der Waals surface area (Å²) in [6.45, 7) is 1.40. The Bertz CT molecular complexity index is 662. The number of rotatable bonds is 3. The second-order valence-corrected chi connectivity index (χ2v) is 8.65. The van der Waals surface area contributed by atoms with Crippen molar-refractivity contribution in [1.82, 2.24) is 4.90 Å². The van der Waals surface area contributed by atoms with Gasteiger partial charge in [-0.1, -0.05) is 24.6 Å². The van der Waals surface area contributed by atoms with E-state index >= 15 is 0 Å². The normalized spacial score (nSPS) is 30.2. The number of para-hydroxylation sites is 1. The van der Waals surface area contributed by atoms with Gasteiger partial charge in [0, 0.05) is 36.7 Å². The lowest BCUT2D eigenvalue weighted by molar-refractivity contribution is -0.141. The Hall–Kier alpha value is -1.59.